The molecule has 0 spiro atoms. The molecule has 2 aromatic carbocycles. The lowest BCUT2D eigenvalue weighted by atomic mass is 10.0. The Hall–Kier alpha value is -4.38. The lowest BCUT2D eigenvalue weighted by Crippen LogP contribution is -2.32. The van der Waals surface area contributed by atoms with E-state index in [2.05, 4.69) is 27.4 Å². The second kappa shape index (κ2) is 11.3. The molecule has 196 valence electrons. The molecule has 0 aliphatic heterocycles. The van der Waals surface area contributed by atoms with E-state index in [0.717, 1.165) is 53.9 Å². The van der Waals surface area contributed by atoms with Crippen LogP contribution in [-0.4, -0.2) is 53.0 Å². The van der Waals surface area contributed by atoms with Gasteiger partial charge in [0.2, 0.25) is 0 Å². The average molecular weight is 515 g/mol. The van der Waals surface area contributed by atoms with E-state index >= 15 is 0 Å². The van der Waals surface area contributed by atoms with Crippen molar-refractivity contribution in [2.24, 2.45) is 0 Å². The first-order valence-corrected chi connectivity index (χ1v) is 12.7. The topological polar surface area (TPSA) is 126 Å². The van der Waals surface area contributed by atoms with Crippen LogP contribution in [0.3, 0.4) is 0 Å². The van der Waals surface area contributed by atoms with Gasteiger partial charge < -0.3 is 9.30 Å². The summed E-state index contributed by atoms with van der Waals surface area (Å²) in [5.41, 5.74) is 3.80. The van der Waals surface area contributed by atoms with Crippen LogP contribution in [0.4, 0.5) is 0 Å². The fraction of sp³-hybridized carbons (Fsp3) is 0.333. The van der Waals surface area contributed by atoms with Crippen LogP contribution < -0.4 is 11.2 Å². The van der Waals surface area contributed by atoms with Gasteiger partial charge in [-0.05, 0) is 34.0 Å². The van der Waals surface area contributed by atoms with Gasteiger partial charge in [0.1, 0.15) is 12.2 Å². The zero-order valence-electron chi connectivity index (χ0n) is 21.5. The fourth-order valence-corrected chi connectivity index (χ4v) is 4.66. The number of aromatic amines is 1. The van der Waals surface area contributed by atoms with Crippen LogP contribution in [0.1, 0.15) is 37.6 Å². The number of para-hydroxylation sites is 1. The number of rotatable bonds is 11. The number of nitrogens with zero attached hydrogens (tertiary/aromatic N) is 7. The molecule has 3 heterocycles. The number of benzene rings is 2. The van der Waals surface area contributed by atoms with E-state index in [0.29, 0.717) is 30.9 Å². The molecule has 3 aromatic heterocycles. The number of hydrogen-bond acceptors (Lipinski definition) is 7. The molecule has 0 atom stereocenters. The fourth-order valence-electron chi connectivity index (χ4n) is 4.66. The van der Waals surface area contributed by atoms with Crippen LogP contribution >= 0.6 is 0 Å². The first-order chi connectivity index (χ1) is 18.6. The van der Waals surface area contributed by atoms with E-state index in [9.17, 15) is 9.59 Å². The van der Waals surface area contributed by atoms with Gasteiger partial charge >= 0.3 is 5.69 Å². The molecule has 38 heavy (non-hydrogen) atoms. The van der Waals surface area contributed by atoms with Crippen molar-refractivity contribution in [1.82, 2.24) is 39.3 Å². The van der Waals surface area contributed by atoms with Gasteiger partial charge in [0.25, 0.3) is 5.56 Å². The highest BCUT2D eigenvalue weighted by molar-refractivity contribution is 5.73. The third-order valence-corrected chi connectivity index (χ3v) is 6.59. The quantitative estimate of drug-likeness (QED) is 0.269. The number of hydrogen-bond donors (Lipinski definition) is 1. The van der Waals surface area contributed by atoms with Gasteiger partial charge in [-0.15, -0.1) is 5.10 Å². The molecule has 1 N–H and O–H groups in total. The van der Waals surface area contributed by atoms with Crippen LogP contribution in [0.5, 0.6) is 0 Å². The Labute approximate surface area is 218 Å². The maximum absolute atomic E-state index is 13.0. The minimum atomic E-state index is -0.477. The molecule has 0 amide bonds. The Morgan fingerprint density at radius 2 is 1.82 bits per heavy atom. The SMILES string of the molecule is CCCCCc1nc2c(c(=O)[nH]c(=O)n2CCOC)n1Cc1ccc(-c2ccccc2-n2cnnn2)cc1. The summed E-state index contributed by atoms with van der Waals surface area (Å²) in [5.74, 6) is 0.795. The molecule has 0 aliphatic rings. The predicted octanol–water partition coefficient (Wildman–Crippen LogP) is 2.96. The van der Waals surface area contributed by atoms with Crippen molar-refractivity contribution in [2.75, 3.05) is 13.7 Å². The number of nitrogens with one attached hydrogen (secondary N) is 1. The molecule has 5 aromatic rings. The number of fused-ring (bicyclic) bond motifs is 1. The number of unbranched alkanes of at least 4 members (excludes halogenated alkanes) is 2. The van der Waals surface area contributed by atoms with Gasteiger partial charge in [0.05, 0.1) is 18.8 Å². The highest BCUT2D eigenvalue weighted by atomic mass is 16.5. The molecule has 0 aliphatic carbocycles. The molecule has 0 radical (unpaired) electrons. The van der Waals surface area contributed by atoms with Gasteiger partial charge in [-0.1, -0.05) is 62.2 Å². The maximum Gasteiger partial charge on any atom is 0.330 e. The number of aryl methyl sites for hydroxylation is 1. The van der Waals surface area contributed by atoms with Gasteiger partial charge in [-0.3, -0.25) is 14.3 Å². The largest absolute Gasteiger partial charge is 0.383 e. The van der Waals surface area contributed by atoms with Crippen molar-refractivity contribution < 1.29 is 4.74 Å². The summed E-state index contributed by atoms with van der Waals surface area (Å²) in [5, 5.41) is 11.5. The maximum atomic E-state index is 13.0. The average Bonchev–Trinajstić information content (AvgIpc) is 3.58. The molecule has 0 fully saturated rings. The summed E-state index contributed by atoms with van der Waals surface area (Å²) in [4.78, 5) is 32.8. The predicted molar refractivity (Wildman–Crippen MR) is 143 cm³/mol. The molecule has 0 bridgehead atoms. The van der Waals surface area contributed by atoms with E-state index in [-0.39, 0.29) is 0 Å². The number of H-pyrrole nitrogens is 1. The first kappa shape index (κ1) is 25.3. The second-order valence-electron chi connectivity index (χ2n) is 9.12. The van der Waals surface area contributed by atoms with E-state index in [4.69, 9.17) is 9.72 Å². The summed E-state index contributed by atoms with van der Waals surface area (Å²) in [7, 11) is 1.58. The molecule has 0 saturated heterocycles. The Bertz CT molecular complexity index is 1630. The zero-order chi connectivity index (χ0) is 26.5. The Morgan fingerprint density at radius 3 is 2.55 bits per heavy atom. The Kier molecular flexibility index (Phi) is 7.55. The van der Waals surface area contributed by atoms with Crippen molar-refractivity contribution in [3.8, 4) is 16.8 Å². The number of tetrazole rings is 1. The highest BCUT2D eigenvalue weighted by Gasteiger charge is 2.19. The van der Waals surface area contributed by atoms with Gasteiger partial charge in [-0.2, -0.15) is 4.68 Å². The van der Waals surface area contributed by atoms with E-state index in [1.807, 2.05) is 53.1 Å². The summed E-state index contributed by atoms with van der Waals surface area (Å²) < 4.78 is 10.2. The number of aromatic nitrogens is 8. The minimum Gasteiger partial charge on any atom is -0.383 e. The molecular weight excluding hydrogens is 484 g/mol. The van der Waals surface area contributed by atoms with E-state index in [1.54, 1.807) is 18.1 Å². The van der Waals surface area contributed by atoms with E-state index in [1.165, 1.54) is 4.57 Å². The first-order valence-electron chi connectivity index (χ1n) is 12.7. The van der Waals surface area contributed by atoms with Crippen molar-refractivity contribution in [3.05, 3.63) is 87.1 Å². The summed E-state index contributed by atoms with van der Waals surface area (Å²) in [6.07, 6.45) is 5.38. The monoisotopic (exact) mass is 514 g/mol. The standard InChI is InChI=1S/C27H30N8O3/c1-3-4-5-10-23-29-25-24(26(36)30-27(37)33(25)15-16-38-2)34(23)17-19-11-13-20(14-12-19)21-8-6-7-9-22(21)35-18-28-31-32-35/h6-9,11-14,18H,3-5,10,15-17H2,1-2H3,(H,30,36,37). The van der Waals surface area contributed by atoms with Crippen molar-refractivity contribution in [2.45, 2.75) is 45.7 Å². The third kappa shape index (κ3) is 5.05. The van der Waals surface area contributed by atoms with Gasteiger partial charge in [-0.25, -0.2) is 9.78 Å². The Balaban J connectivity index is 1.53. The van der Waals surface area contributed by atoms with Gasteiger partial charge in [0.15, 0.2) is 11.2 Å². The van der Waals surface area contributed by atoms with E-state index < -0.39 is 11.2 Å². The molecule has 0 saturated carbocycles. The third-order valence-electron chi connectivity index (χ3n) is 6.59. The molecule has 11 heteroatoms. The molecule has 0 unspecified atom stereocenters. The normalized spacial score (nSPS) is 11.4. The summed E-state index contributed by atoms with van der Waals surface area (Å²) >= 11 is 0. The highest BCUT2D eigenvalue weighted by Crippen LogP contribution is 2.27. The molecular formula is C27H30N8O3. The Morgan fingerprint density at radius 1 is 1.00 bits per heavy atom. The number of methoxy groups -OCH3 is 1. The number of imidazole rings is 1. The minimum absolute atomic E-state index is 0.309. The van der Waals surface area contributed by atoms with Crippen LogP contribution in [0, 0.1) is 0 Å². The van der Waals surface area contributed by atoms with Crippen LogP contribution in [0.2, 0.25) is 0 Å². The lowest BCUT2D eigenvalue weighted by molar-refractivity contribution is 0.187. The smallest absolute Gasteiger partial charge is 0.330 e. The molecule has 5 rings (SSSR count). The number of ether oxygens (including phenoxy) is 1. The second-order valence-corrected chi connectivity index (χ2v) is 9.12. The zero-order valence-corrected chi connectivity index (χ0v) is 21.5. The van der Waals surface area contributed by atoms with Crippen LogP contribution in [-0.2, 0) is 24.2 Å². The summed E-state index contributed by atoms with van der Waals surface area (Å²) in [6.45, 7) is 3.25. The van der Waals surface area contributed by atoms with Crippen molar-refractivity contribution in [1.29, 1.82) is 0 Å². The van der Waals surface area contributed by atoms with Crippen molar-refractivity contribution in [3.63, 3.8) is 0 Å². The van der Waals surface area contributed by atoms with Gasteiger partial charge in [0, 0.05) is 25.6 Å². The summed E-state index contributed by atoms with van der Waals surface area (Å²) in [6, 6.07) is 16.1. The lowest BCUT2D eigenvalue weighted by Gasteiger charge is -2.12. The van der Waals surface area contributed by atoms with Crippen LogP contribution in [0.25, 0.3) is 28.0 Å². The van der Waals surface area contributed by atoms with Crippen LogP contribution in [0.15, 0.2) is 64.4 Å². The van der Waals surface area contributed by atoms with Crippen molar-refractivity contribution >= 4 is 11.2 Å². The molecule has 11 nitrogen and oxygen atoms in total.